The summed E-state index contributed by atoms with van der Waals surface area (Å²) in [4.78, 5) is 9.11. The number of para-hydroxylation sites is 1. The number of halogens is 1. The number of nitrogens with one attached hydrogen (secondary N) is 1. The molecule has 1 N–H and O–H groups in total. The highest BCUT2D eigenvalue weighted by atomic mass is 32.2. The maximum atomic E-state index is 13.6. The van der Waals surface area contributed by atoms with Gasteiger partial charge < -0.3 is 5.32 Å². The molecule has 0 aliphatic carbocycles. The molecular formula is C11H11FN4O4S. The first kappa shape index (κ1) is 15.3. The maximum Gasteiger partial charge on any atom is 0.324 e. The van der Waals surface area contributed by atoms with Gasteiger partial charge in [-0.25, -0.2) is 8.42 Å². The van der Waals surface area contributed by atoms with Crippen LogP contribution in [-0.4, -0.2) is 43.3 Å². The quantitative estimate of drug-likeness (QED) is 0.630. The predicted molar refractivity (Wildman–Crippen MR) is 69.2 cm³/mol. The normalized spacial score (nSPS) is 19.9. The third-order valence-corrected chi connectivity index (χ3v) is 5.00. The van der Waals surface area contributed by atoms with Gasteiger partial charge in [0.05, 0.1) is 11.0 Å². The molecule has 0 saturated carbocycles. The molecule has 1 atom stereocenters. The fraction of sp³-hybridized carbons (Fsp3) is 0.364. The third-order valence-electron chi connectivity index (χ3n) is 3.06. The van der Waals surface area contributed by atoms with Gasteiger partial charge in [-0.2, -0.15) is 14.0 Å². The summed E-state index contributed by atoms with van der Waals surface area (Å²) in [6, 6.07) is 3.68. The molecule has 21 heavy (non-hydrogen) atoms. The van der Waals surface area contributed by atoms with Crippen molar-refractivity contribution >= 4 is 15.7 Å². The second-order valence-electron chi connectivity index (χ2n) is 4.31. The molecule has 8 nitrogen and oxygen atoms in total. The summed E-state index contributed by atoms with van der Waals surface area (Å²) in [6.45, 7) is 0.396. The standard InChI is InChI=1S/C11H11FN4O4S/c12-9-2-1-3-10(11(9)16(17)18)21(19,20)15-5-4-14-7-8(15)6-13/h1-3,8,14H,4-5,7H2. The van der Waals surface area contributed by atoms with Gasteiger partial charge in [-0.1, -0.05) is 6.07 Å². The summed E-state index contributed by atoms with van der Waals surface area (Å²) in [6.07, 6.45) is 0. The van der Waals surface area contributed by atoms with Crippen molar-refractivity contribution in [2.45, 2.75) is 10.9 Å². The first-order valence-corrected chi connectivity index (χ1v) is 7.38. The molecule has 1 heterocycles. The molecule has 0 bridgehead atoms. The minimum atomic E-state index is -4.33. The van der Waals surface area contributed by atoms with Crippen LogP contribution in [0.2, 0.25) is 0 Å². The molecule has 1 unspecified atom stereocenters. The Kier molecular flexibility index (Phi) is 4.17. The molecule has 0 aromatic heterocycles. The molecule has 1 saturated heterocycles. The van der Waals surface area contributed by atoms with E-state index in [2.05, 4.69) is 5.32 Å². The summed E-state index contributed by atoms with van der Waals surface area (Å²) >= 11 is 0. The molecule has 1 aromatic rings. The fourth-order valence-electron chi connectivity index (χ4n) is 2.09. The van der Waals surface area contributed by atoms with Crippen molar-refractivity contribution in [1.82, 2.24) is 9.62 Å². The fourth-order valence-corrected chi connectivity index (χ4v) is 3.80. The lowest BCUT2D eigenvalue weighted by Crippen LogP contribution is -2.52. The van der Waals surface area contributed by atoms with E-state index in [1.165, 1.54) is 0 Å². The molecule has 1 aliphatic heterocycles. The predicted octanol–water partition coefficient (Wildman–Crippen LogP) is 0.220. The Bertz CT molecular complexity index is 715. The number of benzene rings is 1. The van der Waals surface area contributed by atoms with Crippen molar-refractivity contribution in [2.24, 2.45) is 0 Å². The minimum Gasteiger partial charge on any atom is -0.313 e. The van der Waals surface area contributed by atoms with Gasteiger partial charge in [-0.3, -0.25) is 10.1 Å². The molecule has 10 heteroatoms. The van der Waals surface area contributed by atoms with Crippen LogP contribution in [0.3, 0.4) is 0 Å². The van der Waals surface area contributed by atoms with Crippen LogP contribution in [0.1, 0.15) is 0 Å². The van der Waals surface area contributed by atoms with Crippen molar-refractivity contribution in [3.63, 3.8) is 0 Å². The van der Waals surface area contributed by atoms with E-state index in [1.807, 2.05) is 6.07 Å². The third kappa shape index (κ3) is 2.71. The Balaban J connectivity index is 2.57. The summed E-state index contributed by atoms with van der Waals surface area (Å²) in [5.41, 5.74) is -1.10. The van der Waals surface area contributed by atoms with E-state index in [0.29, 0.717) is 6.54 Å². The van der Waals surface area contributed by atoms with Gasteiger partial charge in [-0.05, 0) is 12.1 Å². The van der Waals surface area contributed by atoms with E-state index in [1.54, 1.807) is 0 Å². The summed E-state index contributed by atoms with van der Waals surface area (Å²) in [7, 11) is -4.33. The van der Waals surface area contributed by atoms with E-state index in [-0.39, 0.29) is 13.1 Å². The number of sulfonamides is 1. The number of nitro groups is 1. The molecule has 1 aliphatic rings. The van der Waals surface area contributed by atoms with Gasteiger partial charge in [0.1, 0.15) is 6.04 Å². The summed E-state index contributed by atoms with van der Waals surface area (Å²) in [5, 5.41) is 22.8. The van der Waals surface area contributed by atoms with Crippen molar-refractivity contribution in [1.29, 1.82) is 5.26 Å². The number of nitriles is 1. The van der Waals surface area contributed by atoms with Crippen LogP contribution in [0.15, 0.2) is 23.1 Å². The number of nitrogens with zero attached hydrogens (tertiary/aromatic N) is 3. The van der Waals surface area contributed by atoms with Crippen molar-refractivity contribution in [3.8, 4) is 6.07 Å². The van der Waals surface area contributed by atoms with E-state index >= 15 is 0 Å². The van der Waals surface area contributed by atoms with Crippen molar-refractivity contribution in [2.75, 3.05) is 19.6 Å². The highest BCUT2D eigenvalue weighted by molar-refractivity contribution is 7.89. The first-order valence-electron chi connectivity index (χ1n) is 5.94. The van der Waals surface area contributed by atoms with Crippen LogP contribution < -0.4 is 5.32 Å². The molecule has 0 amide bonds. The molecule has 1 aromatic carbocycles. The SMILES string of the molecule is N#CC1CNCCN1S(=O)(=O)c1cccc(F)c1[N+](=O)[O-]. The largest absolute Gasteiger partial charge is 0.324 e. The number of hydrogen-bond acceptors (Lipinski definition) is 6. The lowest BCUT2D eigenvalue weighted by atomic mass is 10.3. The van der Waals surface area contributed by atoms with E-state index in [0.717, 1.165) is 22.5 Å². The number of hydrogen-bond donors (Lipinski definition) is 1. The molecule has 2 rings (SSSR count). The average Bonchev–Trinajstić information content (AvgIpc) is 2.46. The molecule has 0 spiro atoms. The van der Waals surface area contributed by atoms with Gasteiger partial charge in [-0.15, -0.1) is 0 Å². The molecule has 1 fully saturated rings. The number of nitro benzene ring substituents is 1. The zero-order valence-electron chi connectivity index (χ0n) is 10.7. The van der Waals surface area contributed by atoms with Crippen LogP contribution in [0.4, 0.5) is 10.1 Å². The van der Waals surface area contributed by atoms with Crippen LogP contribution in [0.5, 0.6) is 0 Å². The average molecular weight is 314 g/mol. The Morgan fingerprint density at radius 1 is 1.52 bits per heavy atom. The molecule has 112 valence electrons. The van der Waals surface area contributed by atoms with Gasteiger partial charge >= 0.3 is 5.69 Å². The zero-order chi connectivity index (χ0) is 15.6. The van der Waals surface area contributed by atoms with Gasteiger partial charge in [0.15, 0.2) is 4.90 Å². The second-order valence-corrected chi connectivity index (χ2v) is 6.17. The Labute approximate surface area is 120 Å². The lowest BCUT2D eigenvalue weighted by Gasteiger charge is -2.30. The minimum absolute atomic E-state index is 0.0196. The van der Waals surface area contributed by atoms with Crippen LogP contribution in [0.25, 0.3) is 0 Å². The molecular weight excluding hydrogens is 303 g/mol. The molecule has 0 radical (unpaired) electrons. The van der Waals surface area contributed by atoms with Gasteiger partial charge in [0.25, 0.3) is 10.0 Å². The number of piperazine rings is 1. The zero-order valence-corrected chi connectivity index (χ0v) is 11.5. The van der Waals surface area contributed by atoms with Crippen LogP contribution >= 0.6 is 0 Å². The summed E-state index contributed by atoms with van der Waals surface area (Å²) < 4.78 is 39.4. The summed E-state index contributed by atoms with van der Waals surface area (Å²) in [5.74, 6) is -1.23. The van der Waals surface area contributed by atoms with Gasteiger partial charge in [0.2, 0.25) is 5.82 Å². The Morgan fingerprint density at radius 3 is 2.86 bits per heavy atom. The highest BCUT2D eigenvalue weighted by Gasteiger charge is 2.38. The lowest BCUT2D eigenvalue weighted by molar-refractivity contribution is -0.390. The Hall–Kier alpha value is -2.09. The second kappa shape index (κ2) is 5.72. The maximum absolute atomic E-state index is 13.6. The monoisotopic (exact) mass is 314 g/mol. The van der Waals surface area contributed by atoms with Crippen molar-refractivity contribution < 1.29 is 17.7 Å². The van der Waals surface area contributed by atoms with Crippen LogP contribution in [-0.2, 0) is 10.0 Å². The number of rotatable bonds is 3. The van der Waals surface area contributed by atoms with Gasteiger partial charge in [0, 0.05) is 19.6 Å². The highest BCUT2D eigenvalue weighted by Crippen LogP contribution is 2.30. The first-order chi connectivity index (χ1) is 9.89. The smallest absolute Gasteiger partial charge is 0.313 e. The van der Waals surface area contributed by atoms with Crippen LogP contribution in [0, 0.1) is 27.3 Å². The van der Waals surface area contributed by atoms with E-state index in [4.69, 9.17) is 5.26 Å². The van der Waals surface area contributed by atoms with E-state index in [9.17, 15) is 22.9 Å². The Morgan fingerprint density at radius 2 is 2.24 bits per heavy atom. The van der Waals surface area contributed by atoms with E-state index < -0.39 is 37.4 Å². The van der Waals surface area contributed by atoms with Crippen molar-refractivity contribution in [3.05, 3.63) is 34.1 Å². The topological polar surface area (TPSA) is 116 Å².